The number of benzene rings is 2. The highest BCUT2D eigenvalue weighted by Gasteiger charge is 2.29. The fourth-order valence-corrected chi connectivity index (χ4v) is 4.75. The first-order valence-electron chi connectivity index (χ1n) is 10.7. The maximum absolute atomic E-state index is 13.3. The van der Waals surface area contributed by atoms with Crippen molar-refractivity contribution >= 4 is 33.4 Å². The number of carbonyl (C=O) groups excluding carboxylic acids is 2. The predicted octanol–water partition coefficient (Wildman–Crippen LogP) is 4.78. The number of hydrogen-bond donors (Lipinski definition) is 1. The predicted molar refractivity (Wildman–Crippen MR) is 132 cm³/mol. The molecule has 2 heterocycles. The molecule has 0 fully saturated rings. The minimum Gasteiger partial charge on any atom is -0.497 e. The van der Waals surface area contributed by atoms with Crippen LogP contribution in [-0.4, -0.2) is 30.7 Å². The van der Waals surface area contributed by atoms with Gasteiger partial charge in [0.2, 0.25) is 6.10 Å². The molecule has 0 saturated carbocycles. The fourth-order valence-electron chi connectivity index (χ4n) is 3.76. The molecule has 2 aromatic carbocycles. The van der Waals surface area contributed by atoms with E-state index in [0.29, 0.717) is 17.0 Å². The molecule has 0 aliphatic carbocycles. The van der Waals surface area contributed by atoms with Crippen molar-refractivity contribution in [1.82, 2.24) is 9.88 Å². The molecule has 8 heteroatoms. The third kappa shape index (κ3) is 4.77. The number of aryl methyl sites for hydroxylation is 2. The van der Waals surface area contributed by atoms with Gasteiger partial charge in [-0.25, -0.2) is 4.79 Å². The van der Waals surface area contributed by atoms with E-state index >= 15 is 0 Å². The van der Waals surface area contributed by atoms with E-state index < -0.39 is 18.0 Å². The normalized spacial score (nSPS) is 11.8. The standard InChI is InChI=1S/C26H26N2O5S/c1-16-13-20-23(34-16)14-21(28(20)2)26(30)33-24(19-7-5-6-8-22(19)32-4)25(29)27-15-17-9-11-18(31-3)12-10-17/h5-14,24H,15H2,1-4H3,(H,27,29)/t24-/m1/s1. The number of hydrogen-bond acceptors (Lipinski definition) is 6. The Kier molecular flexibility index (Phi) is 6.88. The number of nitrogens with zero attached hydrogens (tertiary/aromatic N) is 1. The molecule has 0 unspecified atom stereocenters. The SMILES string of the molecule is COc1ccc(CNC(=O)[C@H](OC(=O)c2cc3sc(C)cc3n2C)c2ccccc2OC)cc1. The van der Waals surface area contributed by atoms with Crippen LogP contribution >= 0.6 is 11.3 Å². The summed E-state index contributed by atoms with van der Waals surface area (Å²) in [7, 11) is 4.92. The molecule has 176 valence electrons. The number of esters is 1. The largest absolute Gasteiger partial charge is 0.497 e. The van der Waals surface area contributed by atoms with Gasteiger partial charge in [0, 0.05) is 24.0 Å². The van der Waals surface area contributed by atoms with Crippen LogP contribution in [0.2, 0.25) is 0 Å². The van der Waals surface area contributed by atoms with Crippen LogP contribution in [0.1, 0.15) is 32.6 Å². The van der Waals surface area contributed by atoms with Gasteiger partial charge in [-0.05, 0) is 42.8 Å². The number of thiophene rings is 1. The summed E-state index contributed by atoms with van der Waals surface area (Å²) in [6, 6.07) is 18.2. The van der Waals surface area contributed by atoms with E-state index in [0.717, 1.165) is 26.4 Å². The van der Waals surface area contributed by atoms with E-state index in [9.17, 15) is 9.59 Å². The molecular formula is C26H26N2O5S. The van der Waals surface area contributed by atoms with Crippen LogP contribution in [0.4, 0.5) is 0 Å². The highest BCUT2D eigenvalue weighted by molar-refractivity contribution is 7.19. The number of para-hydroxylation sites is 1. The lowest BCUT2D eigenvalue weighted by molar-refractivity contribution is -0.130. The number of fused-ring (bicyclic) bond motifs is 1. The first-order chi connectivity index (χ1) is 16.4. The van der Waals surface area contributed by atoms with Gasteiger partial charge >= 0.3 is 5.97 Å². The minimum atomic E-state index is -1.18. The number of ether oxygens (including phenoxy) is 3. The molecule has 7 nitrogen and oxygen atoms in total. The van der Waals surface area contributed by atoms with Crippen LogP contribution < -0.4 is 14.8 Å². The van der Waals surface area contributed by atoms with Crippen LogP contribution in [-0.2, 0) is 23.1 Å². The zero-order chi connectivity index (χ0) is 24.2. The monoisotopic (exact) mass is 478 g/mol. The number of amides is 1. The molecule has 34 heavy (non-hydrogen) atoms. The Morgan fingerprint density at radius 1 is 1.03 bits per heavy atom. The lowest BCUT2D eigenvalue weighted by Gasteiger charge is -2.20. The summed E-state index contributed by atoms with van der Waals surface area (Å²) >= 11 is 1.60. The second-order valence-corrected chi connectivity index (χ2v) is 9.08. The van der Waals surface area contributed by atoms with E-state index in [4.69, 9.17) is 14.2 Å². The summed E-state index contributed by atoms with van der Waals surface area (Å²) in [5.41, 5.74) is 2.69. The Labute approximate surface area is 201 Å². The summed E-state index contributed by atoms with van der Waals surface area (Å²) in [6.07, 6.45) is -1.18. The number of carbonyl (C=O) groups is 2. The Morgan fingerprint density at radius 2 is 1.76 bits per heavy atom. The van der Waals surface area contributed by atoms with Crippen LogP contribution in [0.3, 0.4) is 0 Å². The van der Waals surface area contributed by atoms with Gasteiger partial charge in [-0.3, -0.25) is 4.79 Å². The maximum atomic E-state index is 13.3. The lowest BCUT2D eigenvalue weighted by Crippen LogP contribution is -2.32. The van der Waals surface area contributed by atoms with Crippen molar-refractivity contribution in [1.29, 1.82) is 0 Å². The zero-order valence-electron chi connectivity index (χ0n) is 19.5. The average molecular weight is 479 g/mol. The Bertz CT molecular complexity index is 1320. The highest BCUT2D eigenvalue weighted by Crippen LogP contribution is 2.31. The van der Waals surface area contributed by atoms with Crippen molar-refractivity contribution in [2.75, 3.05) is 14.2 Å². The zero-order valence-corrected chi connectivity index (χ0v) is 20.3. The van der Waals surface area contributed by atoms with E-state index in [1.165, 1.54) is 7.11 Å². The smallest absolute Gasteiger partial charge is 0.356 e. The van der Waals surface area contributed by atoms with Gasteiger partial charge in [-0.2, -0.15) is 0 Å². The summed E-state index contributed by atoms with van der Waals surface area (Å²) in [4.78, 5) is 27.6. The molecular weight excluding hydrogens is 452 g/mol. The van der Waals surface area contributed by atoms with Crippen molar-refractivity contribution in [2.24, 2.45) is 7.05 Å². The van der Waals surface area contributed by atoms with Gasteiger partial charge in [0.1, 0.15) is 17.2 Å². The number of rotatable bonds is 8. The number of methoxy groups -OCH3 is 2. The summed E-state index contributed by atoms with van der Waals surface area (Å²) in [5.74, 6) is 0.163. The van der Waals surface area contributed by atoms with Crippen molar-refractivity contribution in [2.45, 2.75) is 19.6 Å². The van der Waals surface area contributed by atoms with Gasteiger partial charge < -0.3 is 24.1 Å². The molecule has 1 atom stereocenters. The van der Waals surface area contributed by atoms with Crippen molar-refractivity contribution in [3.8, 4) is 11.5 Å². The van der Waals surface area contributed by atoms with Gasteiger partial charge in [0.05, 0.1) is 24.4 Å². The topological polar surface area (TPSA) is 78.8 Å². The first-order valence-corrected chi connectivity index (χ1v) is 11.5. The average Bonchev–Trinajstić information content (AvgIpc) is 3.37. The van der Waals surface area contributed by atoms with E-state index in [1.807, 2.05) is 44.3 Å². The van der Waals surface area contributed by atoms with Gasteiger partial charge in [0.25, 0.3) is 5.91 Å². The molecule has 1 amide bonds. The lowest BCUT2D eigenvalue weighted by atomic mass is 10.1. The Hall–Kier alpha value is -3.78. The van der Waals surface area contributed by atoms with E-state index in [2.05, 4.69) is 5.32 Å². The molecule has 4 aromatic rings. The fraction of sp³-hybridized carbons (Fsp3) is 0.231. The quantitative estimate of drug-likeness (QED) is 0.369. The van der Waals surface area contributed by atoms with Gasteiger partial charge in [-0.15, -0.1) is 11.3 Å². The van der Waals surface area contributed by atoms with Crippen LogP contribution in [0.25, 0.3) is 10.2 Å². The Morgan fingerprint density at radius 3 is 2.44 bits per heavy atom. The van der Waals surface area contributed by atoms with Crippen molar-refractivity contribution in [3.63, 3.8) is 0 Å². The van der Waals surface area contributed by atoms with E-state index in [1.54, 1.807) is 53.3 Å². The maximum Gasteiger partial charge on any atom is 0.356 e. The Balaban J connectivity index is 1.59. The number of nitrogens with one attached hydrogen (secondary N) is 1. The summed E-state index contributed by atoms with van der Waals surface area (Å²) in [5, 5.41) is 2.87. The van der Waals surface area contributed by atoms with Crippen LogP contribution in [0.5, 0.6) is 11.5 Å². The highest BCUT2D eigenvalue weighted by atomic mass is 32.1. The molecule has 0 aliphatic rings. The first kappa shape index (κ1) is 23.4. The third-order valence-corrected chi connectivity index (χ3v) is 6.56. The van der Waals surface area contributed by atoms with Gasteiger partial charge in [-0.1, -0.05) is 30.3 Å². The van der Waals surface area contributed by atoms with Crippen molar-refractivity contribution in [3.05, 3.63) is 82.4 Å². The van der Waals surface area contributed by atoms with Crippen LogP contribution in [0, 0.1) is 6.92 Å². The molecule has 0 saturated heterocycles. The van der Waals surface area contributed by atoms with Crippen LogP contribution in [0.15, 0.2) is 60.7 Å². The molecule has 2 aromatic heterocycles. The van der Waals surface area contributed by atoms with E-state index in [-0.39, 0.29) is 6.54 Å². The summed E-state index contributed by atoms with van der Waals surface area (Å²) < 4.78 is 19.2. The molecule has 0 bridgehead atoms. The summed E-state index contributed by atoms with van der Waals surface area (Å²) in [6.45, 7) is 2.29. The second kappa shape index (κ2) is 10.0. The second-order valence-electron chi connectivity index (χ2n) is 7.79. The molecule has 0 radical (unpaired) electrons. The third-order valence-electron chi connectivity index (χ3n) is 5.57. The minimum absolute atomic E-state index is 0.269. The molecule has 0 aliphatic heterocycles. The van der Waals surface area contributed by atoms with Gasteiger partial charge in [0.15, 0.2) is 0 Å². The van der Waals surface area contributed by atoms with Crippen molar-refractivity contribution < 1.29 is 23.8 Å². The number of aromatic nitrogens is 1. The molecule has 4 rings (SSSR count). The molecule has 0 spiro atoms. The molecule has 1 N–H and O–H groups in total.